The number of halogens is 1. The van der Waals surface area contributed by atoms with Gasteiger partial charge < -0.3 is 10.2 Å². The Labute approximate surface area is 178 Å². The highest BCUT2D eigenvalue weighted by molar-refractivity contribution is 6.67. The maximum atomic E-state index is 12.5. The minimum Gasteiger partial charge on any atom is -0.382 e. The van der Waals surface area contributed by atoms with Gasteiger partial charge in [-0.1, -0.05) is 35.5 Å². The van der Waals surface area contributed by atoms with E-state index in [0.717, 1.165) is 16.7 Å². The number of benzene rings is 2. The molecule has 1 aliphatic heterocycles. The van der Waals surface area contributed by atoms with Crippen molar-refractivity contribution in [2.45, 2.75) is 18.9 Å². The van der Waals surface area contributed by atoms with E-state index in [0.29, 0.717) is 29.8 Å². The molecule has 2 heterocycles. The van der Waals surface area contributed by atoms with Crippen LogP contribution in [-0.4, -0.2) is 27.9 Å². The minimum absolute atomic E-state index is 0.261. The quantitative estimate of drug-likeness (QED) is 0.607. The summed E-state index contributed by atoms with van der Waals surface area (Å²) in [7, 11) is 0. The van der Waals surface area contributed by atoms with E-state index in [-0.39, 0.29) is 5.91 Å². The summed E-state index contributed by atoms with van der Waals surface area (Å²) in [5, 5.41) is 6.39. The number of aromatic nitrogens is 1. The molecule has 6 nitrogen and oxygen atoms in total. The standard InChI is InChI=1S/C23H18ClN3O3/c24-22(28)19-6-2-1-4-16(19)12-15-7-9-18(10-8-15)26-23(29)21-13-20(27-30-21)17-5-3-11-25-14-17/h1-11,14,21H,12-13H2,(H,26,29). The van der Waals surface area contributed by atoms with Crippen LogP contribution in [0.4, 0.5) is 5.69 Å². The van der Waals surface area contributed by atoms with Gasteiger partial charge in [-0.15, -0.1) is 0 Å². The molecule has 0 bridgehead atoms. The summed E-state index contributed by atoms with van der Waals surface area (Å²) in [6.45, 7) is 0. The molecule has 1 aliphatic rings. The first-order chi connectivity index (χ1) is 14.6. The van der Waals surface area contributed by atoms with Crippen LogP contribution in [-0.2, 0) is 16.1 Å². The van der Waals surface area contributed by atoms with Crippen LogP contribution in [0.2, 0.25) is 0 Å². The van der Waals surface area contributed by atoms with Crippen LogP contribution in [0.5, 0.6) is 0 Å². The largest absolute Gasteiger partial charge is 0.382 e. The molecule has 0 saturated heterocycles. The molecule has 0 spiro atoms. The number of hydrogen-bond donors (Lipinski definition) is 1. The second kappa shape index (κ2) is 8.88. The number of carbonyl (C=O) groups excluding carboxylic acids is 2. The number of pyridine rings is 1. The lowest BCUT2D eigenvalue weighted by Crippen LogP contribution is -2.28. The van der Waals surface area contributed by atoms with Gasteiger partial charge in [0.05, 0.1) is 5.71 Å². The van der Waals surface area contributed by atoms with Gasteiger partial charge in [-0.05, 0) is 59.5 Å². The molecule has 150 valence electrons. The summed E-state index contributed by atoms with van der Waals surface area (Å²) in [5.41, 5.74) is 4.55. The molecule has 1 N–H and O–H groups in total. The summed E-state index contributed by atoms with van der Waals surface area (Å²) in [5.74, 6) is -0.261. The van der Waals surface area contributed by atoms with Crippen molar-refractivity contribution in [1.82, 2.24) is 4.98 Å². The van der Waals surface area contributed by atoms with Crippen LogP contribution in [0, 0.1) is 0 Å². The lowest BCUT2D eigenvalue weighted by Gasteiger charge is -2.11. The Kier molecular flexibility index (Phi) is 5.86. The highest BCUT2D eigenvalue weighted by atomic mass is 35.5. The molecule has 0 fully saturated rings. The van der Waals surface area contributed by atoms with Gasteiger partial charge in [0.2, 0.25) is 6.10 Å². The van der Waals surface area contributed by atoms with Crippen molar-refractivity contribution < 1.29 is 14.4 Å². The summed E-state index contributed by atoms with van der Waals surface area (Å²) in [6.07, 6.45) is 3.65. The van der Waals surface area contributed by atoms with E-state index >= 15 is 0 Å². The fraction of sp³-hybridized carbons (Fsp3) is 0.130. The summed E-state index contributed by atoms with van der Waals surface area (Å²) in [4.78, 5) is 33.4. The molecule has 0 aliphatic carbocycles. The van der Waals surface area contributed by atoms with Gasteiger partial charge in [0.25, 0.3) is 11.1 Å². The fourth-order valence-corrected chi connectivity index (χ4v) is 3.42. The van der Waals surface area contributed by atoms with E-state index in [9.17, 15) is 9.59 Å². The number of nitrogens with one attached hydrogen (secondary N) is 1. The molecule has 2 aromatic carbocycles. The van der Waals surface area contributed by atoms with Gasteiger partial charge in [-0.2, -0.15) is 0 Å². The van der Waals surface area contributed by atoms with E-state index in [4.69, 9.17) is 16.4 Å². The normalized spacial score (nSPS) is 15.2. The third-order valence-corrected chi connectivity index (χ3v) is 5.00. The Balaban J connectivity index is 1.36. The lowest BCUT2D eigenvalue weighted by molar-refractivity contribution is -0.125. The maximum absolute atomic E-state index is 12.5. The topological polar surface area (TPSA) is 80.7 Å². The van der Waals surface area contributed by atoms with Crippen molar-refractivity contribution in [1.29, 1.82) is 0 Å². The van der Waals surface area contributed by atoms with E-state index in [1.807, 2.05) is 48.5 Å². The Morgan fingerprint density at radius 3 is 2.60 bits per heavy atom. The van der Waals surface area contributed by atoms with Gasteiger partial charge in [0, 0.05) is 35.6 Å². The van der Waals surface area contributed by atoms with Crippen molar-refractivity contribution in [2.24, 2.45) is 5.16 Å². The second-order valence-electron chi connectivity index (χ2n) is 6.87. The van der Waals surface area contributed by atoms with E-state index in [1.54, 1.807) is 24.5 Å². The zero-order chi connectivity index (χ0) is 20.9. The van der Waals surface area contributed by atoms with E-state index < -0.39 is 11.3 Å². The minimum atomic E-state index is -0.679. The summed E-state index contributed by atoms with van der Waals surface area (Å²) < 4.78 is 0. The summed E-state index contributed by atoms with van der Waals surface area (Å²) in [6, 6.07) is 18.4. The molecule has 0 saturated carbocycles. The Hall–Kier alpha value is -3.51. The van der Waals surface area contributed by atoms with Crippen molar-refractivity contribution in [2.75, 3.05) is 5.32 Å². The van der Waals surface area contributed by atoms with Gasteiger partial charge in [-0.3, -0.25) is 14.6 Å². The monoisotopic (exact) mass is 419 g/mol. The number of amides is 1. The predicted molar refractivity (Wildman–Crippen MR) is 115 cm³/mol. The fourth-order valence-electron chi connectivity index (χ4n) is 3.24. The highest BCUT2D eigenvalue weighted by Crippen LogP contribution is 2.20. The van der Waals surface area contributed by atoms with Crippen LogP contribution < -0.4 is 5.32 Å². The number of anilines is 1. The van der Waals surface area contributed by atoms with Crippen molar-refractivity contribution >= 4 is 34.1 Å². The molecule has 1 unspecified atom stereocenters. The molecule has 0 radical (unpaired) electrons. The first-order valence-electron chi connectivity index (χ1n) is 9.41. The van der Waals surface area contributed by atoms with Crippen molar-refractivity contribution in [3.05, 3.63) is 95.3 Å². The van der Waals surface area contributed by atoms with Crippen LogP contribution >= 0.6 is 11.6 Å². The molecular formula is C23H18ClN3O3. The third-order valence-electron chi connectivity index (χ3n) is 4.80. The molecule has 3 aromatic rings. The van der Waals surface area contributed by atoms with Crippen LogP contribution in [0.15, 0.2) is 78.2 Å². The first kappa shape index (κ1) is 19.8. The van der Waals surface area contributed by atoms with Gasteiger partial charge in [0.1, 0.15) is 0 Å². The zero-order valence-corrected chi connectivity index (χ0v) is 16.7. The SMILES string of the molecule is O=C(Cl)c1ccccc1Cc1ccc(NC(=O)C2CC(c3cccnc3)=NO2)cc1. The third kappa shape index (κ3) is 4.55. The summed E-state index contributed by atoms with van der Waals surface area (Å²) >= 11 is 5.66. The van der Waals surface area contributed by atoms with Crippen LogP contribution in [0.25, 0.3) is 0 Å². The zero-order valence-electron chi connectivity index (χ0n) is 15.9. The first-order valence-corrected chi connectivity index (χ1v) is 9.78. The number of hydrogen-bond acceptors (Lipinski definition) is 5. The Morgan fingerprint density at radius 2 is 1.87 bits per heavy atom. The van der Waals surface area contributed by atoms with Crippen LogP contribution in [0.3, 0.4) is 0 Å². The van der Waals surface area contributed by atoms with Gasteiger partial charge in [-0.25, -0.2) is 0 Å². The molecule has 1 atom stereocenters. The molecule has 1 aromatic heterocycles. The maximum Gasteiger partial charge on any atom is 0.268 e. The Morgan fingerprint density at radius 1 is 1.07 bits per heavy atom. The number of rotatable bonds is 6. The van der Waals surface area contributed by atoms with Crippen LogP contribution in [0.1, 0.15) is 33.5 Å². The number of oxime groups is 1. The average Bonchev–Trinajstić information content (AvgIpc) is 3.27. The molecule has 30 heavy (non-hydrogen) atoms. The van der Waals surface area contributed by atoms with Gasteiger partial charge in [0.15, 0.2) is 0 Å². The number of carbonyl (C=O) groups is 2. The average molecular weight is 420 g/mol. The van der Waals surface area contributed by atoms with Crippen molar-refractivity contribution in [3.63, 3.8) is 0 Å². The highest BCUT2D eigenvalue weighted by Gasteiger charge is 2.29. The molecule has 4 rings (SSSR count). The van der Waals surface area contributed by atoms with Gasteiger partial charge >= 0.3 is 0 Å². The number of nitrogens with zero attached hydrogens (tertiary/aromatic N) is 2. The second-order valence-corrected chi connectivity index (χ2v) is 7.21. The molecule has 7 heteroatoms. The predicted octanol–water partition coefficient (Wildman–Crippen LogP) is 4.18. The Bertz CT molecular complexity index is 1100. The van der Waals surface area contributed by atoms with E-state index in [1.165, 1.54) is 0 Å². The van der Waals surface area contributed by atoms with E-state index in [2.05, 4.69) is 15.5 Å². The van der Waals surface area contributed by atoms with Crippen molar-refractivity contribution in [3.8, 4) is 0 Å². The lowest BCUT2D eigenvalue weighted by atomic mass is 10.00. The smallest absolute Gasteiger partial charge is 0.268 e. The molecule has 1 amide bonds. The molecular weight excluding hydrogens is 402 g/mol.